The van der Waals surface area contributed by atoms with Crippen molar-refractivity contribution >= 4 is 17.8 Å². The first-order chi connectivity index (χ1) is 10.9. The Hall–Kier alpha value is -1.63. The topological polar surface area (TPSA) is 104 Å². The van der Waals surface area contributed by atoms with Crippen molar-refractivity contribution in [2.45, 2.75) is 64.1 Å². The molecule has 4 atom stereocenters. The zero-order valence-electron chi connectivity index (χ0n) is 13.9. The van der Waals surface area contributed by atoms with E-state index < -0.39 is 24.1 Å². The highest BCUT2D eigenvalue weighted by atomic mass is 16.4. The average Bonchev–Trinajstić information content (AvgIpc) is 3.20. The predicted octanol–water partition coefficient (Wildman–Crippen LogP) is 0.426. The Morgan fingerprint density at radius 2 is 1.70 bits per heavy atom. The van der Waals surface area contributed by atoms with Crippen LogP contribution in [-0.4, -0.2) is 63.9 Å². The number of carboxylic acid groups (broad SMARTS) is 1. The zero-order chi connectivity index (χ0) is 17.1. The second-order valence-corrected chi connectivity index (χ2v) is 6.63. The van der Waals surface area contributed by atoms with E-state index in [1.54, 1.807) is 4.90 Å². The van der Waals surface area contributed by atoms with Crippen molar-refractivity contribution in [3.63, 3.8) is 0 Å². The van der Waals surface area contributed by atoms with Gasteiger partial charge in [0.05, 0.1) is 6.04 Å². The average molecular weight is 325 g/mol. The third kappa shape index (κ3) is 3.49. The van der Waals surface area contributed by atoms with Gasteiger partial charge in [-0.25, -0.2) is 4.79 Å². The maximum atomic E-state index is 12.8. The Morgan fingerprint density at radius 1 is 1.13 bits per heavy atom. The minimum atomic E-state index is -0.969. The van der Waals surface area contributed by atoms with Crippen molar-refractivity contribution < 1.29 is 19.5 Å². The molecule has 130 valence electrons. The van der Waals surface area contributed by atoms with Gasteiger partial charge in [-0.15, -0.1) is 0 Å². The summed E-state index contributed by atoms with van der Waals surface area (Å²) in [5.41, 5.74) is 6.03. The Bertz CT molecular complexity index is 482. The van der Waals surface area contributed by atoms with Crippen LogP contribution in [0.4, 0.5) is 0 Å². The van der Waals surface area contributed by atoms with Crippen LogP contribution in [0.3, 0.4) is 0 Å². The number of carbonyl (C=O) groups excluding carboxylic acids is 2. The lowest BCUT2D eigenvalue weighted by Gasteiger charge is -2.32. The van der Waals surface area contributed by atoms with Gasteiger partial charge < -0.3 is 20.6 Å². The van der Waals surface area contributed by atoms with Crippen molar-refractivity contribution in [2.75, 3.05) is 13.1 Å². The summed E-state index contributed by atoms with van der Waals surface area (Å²) in [7, 11) is 0. The minimum Gasteiger partial charge on any atom is -0.480 e. The number of amides is 2. The van der Waals surface area contributed by atoms with Gasteiger partial charge in [0.1, 0.15) is 12.1 Å². The molecule has 2 aliphatic heterocycles. The molecule has 7 nitrogen and oxygen atoms in total. The second kappa shape index (κ2) is 7.29. The second-order valence-electron chi connectivity index (χ2n) is 6.63. The lowest BCUT2D eigenvalue weighted by molar-refractivity contribution is -0.152. The van der Waals surface area contributed by atoms with Crippen molar-refractivity contribution in [1.82, 2.24) is 9.80 Å². The first-order valence-electron chi connectivity index (χ1n) is 8.47. The van der Waals surface area contributed by atoms with Gasteiger partial charge >= 0.3 is 5.97 Å². The first-order valence-corrected chi connectivity index (χ1v) is 8.47. The highest BCUT2D eigenvalue weighted by Gasteiger charge is 2.43. The van der Waals surface area contributed by atoms with Crippen LogP contribution in [0.25, 0.3) is 0 Å². The third-order valence-electron chi connectivity index (χ3n) is 5.18. The molecule has 0 aliphatic carbocycles. The number of carboxylic acids is 1. The van der Waals surface area contributed by atoms with E-state index in [2.05, 4.69) is 0 Å². The molecule has 0 aromatic rings. The molecule has 23 heavy (non-hydrogen) atoms. The van der Waals surface area contributed by atoms with Gasteiger partial charge in [-0.2, -0.15) is 0 Å². The van der Waals surface area contributed by atoms with Crippen molar-refractivity contribution in [3.05, 3.63) is 0 Å². The van der Waals surface area contributed by atoms with Crippen molar-refractivity contribution in [3.8, 4) is 0 Å². The lowest BCUT2D eigenvalue weighted by atomic mass is 9.98. The zero-order valence-corrected chi connectivity index (χ0v) is 13.9. The highest BCUT2D eigenvalue weighted by Crippen LogP contribution is 2.26. The van der Waals surface area contributed by atoms with Crippen LogP contribution in [0.15, 0.2) is 0 Å². The smallest absolute Gasteiger partial charge is 0.326 e. The van der Waals surface area contributed by atoms with Crippen LogP contribution < -0.4 is 5.73 Å². The van der Waals surface area contributed by atoms with E-state index in [1.807, 2.05) is 13.8 Å². The quantitative estimate of drug-likeness (QED) is 0.762. The molecule has 2 heterocycles. The van der Waals surface area contributed by atoms with Crippen LogP contribution in [0.5, 0.6) is 0 Å². The standard InChI is InChI=1S/C16H27N3O4/c1-3-10(2)13(17)15(21)18-8-4-6-11(18)14(20)19-9-5-7-12(19)16(22)23/h10-13H,3-9,17H2,1-2H3,(H,22,23)/t10?,11-,12-,13-/m0/s1. The Morgan fingerprint density at radius 3 is 2.26 bits per heavy atom. The summed E-state index contributed by atoms with van der Waals surface area (Å²) in [6, 6.07) is -1.93. The fraction of sp³-hybridized carbons (Fsp3) is 0.812. The minimum absolute atomic E-state index is 0.0532. The van der Waals surface area contributed by atoms with Crippen molar-refractivity contribution in [1.29, 1.82) is 0 Å². The molecule has 0 spiro atoms. The summed E-state index contributed by atoms with van der Waals surface area (Å²) in [5, 5.41) is 9.25. The van der Waals surface area contributed by atoms with Crippen LogP contribution in [0.1, 0.15) is 46.0 Å². The van der Waals surface area contributed by atoms with Crippen LogP contribution in [-0.2, 0) is 14.4 Å². The van der Waals surface area contributed by atoms with Crippen LogP contribution in [0, 0.1) is 5.92 Å². The van der Waals surface area contributed by atoms with Crippen LogP contribution in [0.2, 0.25) is 0 Å². The number of nitrogens with two attached hydrogens (primary N) is 1. The number of aliphatic carboxylic acids is 1. The number of hydrogen-bond acceptors (Lipinski definition) is 4. The SMILES string of the molecule is CCC(C)[C@H](N)C(=O)N1CCC[C@H]1C(=O)N1CCC[C@H]1C(=O)O. The molecule has 1 unspecified atom stereocenters. The Kier molecular flexibility index (Phi) is 5.62. The van der Waals surface area contributed by atoms with Gasteiger partial charge in [-0.3, -0.25) is 9.59 Å². The maximum Gasteiger partial charge on any atom is 0.326 e. The molecule has 0 radical (unpaired) electrons. The first kappa shape index (κ1) is 17.7. The van der Waals surface area contributed by atoms with Gasteiger partial charge in [0.25, 0.3) is 0 Å². The van der Waals surface area contributed by atoms with Crippen LogP contribution >= 0.6 is 0 Å². The summed E-state index contributed by atoms with van der Waals surface area (Å²) in [6.07, 6.45) is 3.30. The number of rotatable bonds is 5. The molecule has 0 bridgehead atoms. The molecule has 2 rings (SSSR count). The molecule has 3 N–H and O–H groups in total. The summed E-state index contributed by atoms with van der Waals surface area (Å²) in [5.74, 6) is -1.35. The van der Waals surface area contributed by atoms with E-state index in [0.29, 0.717) is 32.4 Å². The van der Waals surface area contributed by atoms with E-state index in [0.717, 1.165) is 12.8 Å². The monoisotopic (exact) mass is 325 g/mol. The normalized spacial score (nSPS) is 27.1. The molecule has 0 saturated carbocycles. The molecular formula is C16H27N3O4. The van der Waals surface area contributed by atoms with Gasteiger partial charge in [-0.1, -0.05) is 20.3 Å². The summed E-state index contributed by atoms with van der Waals surface area (Å²) < 4.78 is 0. The van der Waals surface area contributed by atoms with Crippen molar-refractivity contribution in [2.24, 2.45) is 11.7 Å². The lowest BCUT2D eigenvalue weighted by Crippen LogP contribution is -2.55. The summed E-state index contributed by atoms with van der Waals surface area (Å²) in [4.78, 5) is 39.7. The number of likely N-dealkylation sites (tertiary alicyclic amines) is 2. The van der Waals surface area contributed by atoms with E-state index >= 15 is 0 Å². The Balaban J connectivity index is 2.10. The van der Waals surface area contributed by atoms with E-state index in [4.69, 9.17) is 5.73 Å². The molecule has 2 amide bonds. The fourth-order valence-electron chi connectivity index (χ4n) is 3.45. The number of nitrogens with zero attached hydrogens (tertiary/aromatic N) is 2. The highest BCUT2D eigenvalue weighted by molar-refractivity contribution is 5.92. The molecule has 2 saturated heterocycles. The van der Waals surface area contributed by atoms with Gasteiger partial charge in [0, 0.05) is 13.1 Å². The molecule has 2 fully saturated rings. The largest absolute Gasteiger partial charge is 0.480 e. The van der Waals surface area contributed by atoms with E-state index in [1.165, 1.54) is 4.90 Å². The van der Waals surface area contributed by atoms with E-state index in [-0.39, 0.29) is 17.7 Å². The number of hydrogen-bond donors (Lipinski definition) is 2. The molecule has 2 aliphatic rings. The van der Waals surface area contributed by atoms with E-state index in [9.17, 15) is 19.5 Å². The van der Waals surface area contributed by atoms with Gasteiger partial charge in [0.2, 0.25) is 11.8 Å². The third-order valence-corrected chi connectivity index (χ3v) is 5.18. The molecule has 7 heteroatoms. The molecular weight excluding hydrogens is 298 g/mol. The molecule has 0 aromatic heterocycles. The molecule has 0 aromatic carbocycles. The van der Waals surface area contributed by atoms with Gasteiger partial charge in [0.15, 0.2) is 0 Å². The Labute approximate surface area is 136 Å². The maximum absolute atomic E-state index is 12.8. The predicted molar refractivity (Wildman–Crippen MR) is 84.5 cm³/mol. The summed E-state index contributed by atoms with van der Waals surface area (Å²) in [6.45, 7) is 4.87. The fourth-order valence-corrected chi connectivity index (χ4v) is 3.45. The summed E-state index contributed by atoms with van der Waals surface area (Å²) >= 11 is 0. The number of carbonyl (C=O) groups is 3. The van der Waals surface area contributed by atoms with Gasteiger partial charge in [-0.05, 0) is 31.6 Å².